The molecule has 180 valence electrons. The number of hydrogen-bond donors (Lipinski definition) is 1. The maximum Gasteiger partial charge on any atom is 0.257 e. The third kappa shape index (κ3) is 6.88. The molecule has 1 aromatic heterocycles. The number of nitrogens with zero attached hydrogens (tertiary/aromatic N) is 2. The van der Waals surface area contributed by atoms with Gasteiger partial charge in [-0.2, -0.15) is 0 Å². The van der Waals surface area contributed by atoms with Gasteiger partial charge in [0.1, 0.15) is 5.82 Å². The summed E-state index contributed by atoms with van der Waals surface area (Å²) < 4.78 is 0. The molecule has 0 aliphatic rings. The summed E-state index contributed by atoms with van der Waals surface area (Å²) in [7, 11) is 0. The van der Waals surface area contributed by atoms with Crippen LogP contribution in [-0.4, -0.2) is 28.9 Å². The summed E-state index contributed by atoms with van der Waals surface area (Å²) in [5.74, 6) is 0.394. The quantitative estimate of drug-likeness (QED) is 0.333. The van der Waals surface area contributed by atoms with Crippen molar-refractivity contribution in [2.45, 2.75) is 46.1 Å². The van der Waals surface area contributed by atoms with Gasteiger partial charge < -0.3 is 10.2 Å². The molecule has 1 heterocycles. The second-order valence-electron chi connectivity index (χ2n) is 9.25. The molecule has 1 N–H and O–H groups in total. The van der Waals surface area contributed by atoms with Gasteiger partial charge in [-0.3, -0.25) is 4.79 Å². The minimum Gasteiger partial charge on any atom is -0.370 e. The Morgan fingerprint density at radius 1 is 0.971 bits per heavy atom. The fourth-order valence-electron chi connectivity index (χ4n) is 3.62. The maximum atomic E-state index is 13.7. The van der Waals surface area contributed by atoms with E-state index in [0.29, 0.717) is 52.5 Å². The van der Waals surface area contributed by atoms with E-state index >= 15 is 0 Å². The lowest BCUT2D eigenvalue weighted by Gasteiger charge is -2.25. The van der Waals surface area contributed by atoms with E-state index in [2.05, 4.69) is 55.3 Å². The van der Waals surface area contributed by atoms with Gasteiger partial charge >= 0.3 is 0 Å². The topological polar surface area (TPSA) is 45.2 Å². The number of hydrogen-bond acceptors (Lipinski definition) is 3. The molecular formula is C27H30Cl3N3O. The highest BCUT2D eigenvalue weighted by Gasteiger charge is 2.21. The van der Waals surface area contributed by atoms with Crippen LogP contribution in [0.2, 0.25) is 15.1 Å². The summed E-state index contributed by atoms with van der Waals surface area (Å²) in [5, 5.41) is 4.60. The third-order valence-electron chi connectivity index (χ3n) is 5.56. The smallest absolute Gasteiger partial charge is 0.257 e. The van der Waals surface area contributed by atoms with E-state index in [9.17, 15) is 4.79 Å². The lowest BCUT2D eigenvalue weighted by Crippen LogP contribution is -2.33. The van der Waals surface area contributed by atoms with Crippen molar-refractivity contribution >= 4 is 46.5 Å². The molecule has 1 amide bonds. The summed E-state index contributed by atoms with van der Waals surface area (Å²) in [6.45, 7) is 10.1. The third-order valence-corrected chi connectivity index (χ3v) is 6.51. The summed E-state index contributed by atoms with van der Waals surface area (Å²) in [6, 6.07) is 15.6. The van der Waals surface area contributed by atoms with Gasteiger partial charge in [0.2, 0.25) is 0 Å². The highest BCUT2D eigenvalue weighted by molar-refractivity contribution is 6.42. The molecule has 0 aliphatic heterocycles. The molecule has 3 aromatic rings. The second kappa shape index (κ2) is 11.4. The van der Waals surface area contributed by atoms with Crippen LogP contribution in [-0.2, 0) is 18.4 Å². The molecule has 2 aromatic carbocycles. The first-order valence-electron chi connectivity index (χ1n) is 11.3. The number of rotatable bonds is 8. The summed E-state index contributed by atoms with van der Waals surface area (Å²) in [6.07, 6.45) is 2.18. The van der Waals surface area contributed by atoms with Crippen LogP contribution in [0.25, 0.3) is 0 Å². The number of amides is 1. The van der Waals surface area contributed by atoms with E-state index in [4.69, 9.17) is 34.8 Å². The Kier molecular flexibility index (Phi) is 8.86. The van der Waals surface area contributed by atoms with Crippen LogP contribution in [0.15, 0.2) is 54.7 Å². The Hall–Kier alpha value is -2.27. The minimum absolute atomic E-state index is 0.0646. The SMILES string of the molecule is CCNc1ncc(Cl)cc1C(=O)N(CCc1ccc(Cl)c(Cl)c1)Cc1ccc(C(C)(C)C)cc1. The summed E-state index contributed by atoms with van der Waals surface area (Å²) in [5.41, 5.74) is 3.82. The average molecular weight is 519 g/mol. The molecule has 0 saturated carbocycles. The van der Waals surface area contributed by atoms with E-state index in [0.717, 1.165) is 11.1 Å². The van der Waals surface area contributed by atoms with E-state index in [1.807, 2.05) is 24.0 Å². The number of anilines is 1. The van der Waals surface area contributed by atoms with Crippen LogP contribution in [0.3, 0.4) is 0 Å². The Bertz CT molecular complexity index is 1140. The fraction of sp³-hybridized carbons (Fsp3) is 0.333. The van der Waals surface area contributed by atoms with Gasteiger partial charge in [0, 0.05) is 25.8 Å². The first-order valence-corrected chi connectivity index (χ1v) is 12.4. The second-order valence-corrected chi connectivity index (χ2v) is 10.5. The van der Waals surface area contributed by atoms with Gasteiger partial charge in [0.05, 0.1) is 20.6 Å². The lowest BCUT2D eigenvalue weighted by atomic mass is 9.87. The van der Waals surface area contributed by atoms with Crippen LogP contribution in [0.4, 0.5) is 5.82 Å². The van der Waals surface area contributed by atoms with Crippen molar-refractivity contribution in [2.75, 3.05) is 18.4 Å². The van der Waals surface area contributed by atoms with Gasteiger partial charge in [-0.05, 0) is 53.6 Å². The molecule has 7 heteroatoms. The monoisotopic (exact) mass is 517 g/mol. The maximum absolute atomic E-state index is 13.7. The Morgan fingerprint density at radius 3 is 2.26 bits per heavy atom. The van der Waals surface area contributed by atoms with Gasteiger partial charge in [-0.25, -0.2) is 4.98 Å². The molecule has 0 unspecified atom stereocenters. The molecule has 0 atom stereocenters. The number of aromatic nitrogens is 1. The number of nitrogens with one attached hydrogen (secondary N) is 1. The molecule has 4 nitrogen and oxygen atoms in total. The van der Waals surface area contributed by atoms with Crippen LogP contribution in [0.1, 0.15) is 54.7 Å². The Labute approximate surface area is 217 Å². The summed E-state index contributed by atoms with van der Waals surface area (Å²) in [4.78, 5) is 19.9. The number of pyridine rings is 1. The molecule has 0 aliphatic carbocycles. The first kappa shape index (κ1) is 26.3. The normalized spacial score (nSPS) is 11.4. The van der Waals surface area contributed by atoms with Gasteiger partial charge in [-0.15, -0.1) is 0 Å². The average Bonchev–Trinajstić information content (AvgIpc) is 2.79. The molecular weight excluding hydrogens is 489 g/mol. The number of carbonyl (C=O) groups excluding carboxylic acids is 1. The molecule has 0 fully saturated rings. The van der Waals surface area contributed by atoms with Crippen molar-refractivity contribution < 1.29 is 4.79 Å². The van der Waals surface area contributed by atoms with E-state index in [-0.39, 0.29) is 11.3 Å². The van der Waals surface area contributed by atoms with Crippen molar-refractivity contribution in [3.05, 3.63) is 92.0 Å². The van der Waals surface area contributed by atoms with Gasteiger partial charge in [-0.1, -0.05) is 85.9 Å². The Morgan fingerprint density at radius 2 is 1.65 bits per heavy atom. The van der Waals surface area contributed by atoms with Crippen LogP contribution in [0, 0.1) is 0 Å². The van der Waals surface area contributed by atoms with Crippen LogP contribution >= 0.6 is 34.8 Å². The molecule has 3 rings (SSSR count). The number of halogens is 3. The minimum atomic E-state index is -0.133. The number of benzene rings is 2. The lowest BCUT2D eigenvalue weighted by molar-refractivity contribution is 0.0745. The zero-order valence-electron chi connectivity index (χ0n) is 20.0. The van der Waals surface area contributed by atoms with E-state index in [1.165, 1.54) is 5.56 Å². The van der Waals surface area contributed by atoms with Crippen LogP contribution in [0.5, 0.6) is 0 Å². The van der Waals surface area contributed by atoms with Crippen molar-refractivity contribution in [2.24, 2.45) is 0 Å². The van der Waals surface area contributed by atoms with E-state index in [1.54, 1.807) is 18.3 Å². The zero-order valence-corrected chi connectivity index (χ0v) is 22.2. The highest BCUT2D eigenvalue weighted by atomic mass is 35.5. The standard InChI is InChI=1S/C27H30Cl3N3O/c1-5-31-25-22(15-21(28)16-32-25)26(34)33(13-12-18-8-11-23(29)24(30)14-18)17-19-6-9-20(10-7-19)27(2,3)4/h6-11,14-16H,5,12-13,17H2,1-4H3,(H,31,32). The largest absolute Gasteiger partial charge is 0.370 e. The fourth-order valence-corrected chi connectivity index (χ4v) is 4.10. The summed E-state index contributed by atoms with van der Waals surface area (Å²) >= 11 is 18.5. The molecule has 0 bridgehead atoms. The number of carbonyl (C=O) groups is 1. The van der Waals surface area contributed by atoms with Gasteiger partial charge in [0.25, 0.3) is 5.91 Å². The molecule has 34 heavy (non-hydrogen) atoms. The van der Waals surface area contributed by atoms with Crippen molar-refractivity contribution in [3.8, 4) is 0 Å². The molecule has 0 radical (unpaired) electrons. The van der Waals surface area contributed by atoms with E-state index < -0.39 is 0 Å². The van der Waals surface area contributed by atoms with Crippen molar-refractivity contribution in [1.29, 1.82) is 0 Å². The first-order chi connectivity index (χ1) is 16.1. The van der Waals surface area contributed by atoms with Crippen molar-refractivity contribution in [1.82, 2.24) is 9.88 Å². The molecule has 0 saturated heterocycles. The highest BCUT2D eigenvalue weighted by Crippen LogP contribution is 2.26. The van der Waals surface area contributed by atoms with Gasteiger partial charge in [0.15, 0.2) is 0 Å². The zero-order chi connectivity index (χ0) is 24.9. The predicted molar refractivity (Wildman–Crippen MR) is 143 cm³/mol. The Balaban J connectivity index is 1.90. The van der Waals surface area contributed by atoms with Crippen LogP contribution < -0.4 is 5.32 Å². The van der Waals surface area contributed by atoms with Crippen molar-refractivity contribution in [3.63, 3.8) is 0 Å². The predicted octanol–water partition coefficient (Wildman–Crippen LogP) is 7.66. The molecule has 0 spiro atoms.